The van der Waals surface area contributed by atoms with Gasteiger partial charge in [-0.05, 0) is 61.6 Å². The fourth-order valence-electron chi connectivity index (χ4n) is 6.71. The monoisotopic (exact) mass is 591 g/mol. The number of aliphatic hydroxyl groups is 1. The average Bonchev–Trinajstić information content (AvgIpc) is 3.38. The predicted octanol–water partition coefficient (Wildman–Crippen LogP) is 2.02. The molecule has 2 fully saturated rings. The van der Waals surface area contributed by atoms with Crippen molar-refractivity contribution in [3.63, 3.8) is 0 Å². The number of nitrogens with one attached hydrogen (secondary N) is 2. The van der Waals surface area contributed by atoms with E-state index in [2.05, 4.69) is 17.2 Å². The van der Waals surface area contributed by atoms with E-state index in [4.69, 9.17) is 10.5 Å². The summed E-state index contributed by atoms with van der Waals surface area (Å²) in [5, 5.41) is 14.9. The number of fused-ring (bicyclic) bond motifs is 5. The van der Waals surface area contributed by atoms with Gasteiger partial charge in [0.15, 0.2) is 0 Å². The average molecular weight is 592 g/mol. The number of aryl methyl sites for hydroxylation is 1. The Kier molecular flexibility index (Phi) is 5.75. The molecule has 2 aromatic carbocycles. The number of nitrogen functional groups attached to an aromatic ring is 1. The van der Waals surface area contributed by atoms with Crippen molar-refractivity contribution in [2.24, 2.45) is 5.92 Å². The van der Waals surface area contributed by atoms with Gasteiger partial charge < -0.3 is 30.8 Å². The number of hydrogen-bond acceptors (Lipinski definition) is 8. The van der Waals surface area contributed by atoms with E-state index in [0.717, 1.165) is 12.0 Å². The van der Waals surface area contributed by atoms with Gasteiger partial charge in [0.25, 0.3) is 21.7 Å². The largest absolute Gasteiger partial charge is 0.454 e. The lowest BCUT2D eigenvalue weighted by atomic mass is 9.82. The van der Waals surface area contributed by atoms with Gasteiger partial charge in [0, 0.05) is 43.0 Å². The van der Waals surface area contributed by atoms with Crippen LogP contribution < -0.4 is 15.8 Å². The Morgan fingerprint density at radius 1 is 1.14 bits per heavy atom. The van der Waals surface area contributed by atoms with Crippen LogP contribution in [0.15, 0.2) is 47.5 Å². The number of aromatic amines is 1. The van der Waals surface area contributed by atoms with E-state index in [9.17, 15) is 23.1 Å². The van der Waals surface area contributed by atoms with Crippen LogP contribution in [-0.4, -0.2) is 72.6 Å². The number of piperazine rings is 1. The fourth-order valence-corrected chi connectivity index (χ4v) is 8.18. The molecule has 42 heavy (non-hydrogen) atoms. The first kappa shape index (κ1) is 27.1. The van der Waals surface area contributed by atoms with Crippen LogP contribution in [0.4, 0.5) is 5.69 Å². The molecule has 2 aliphatic carbocycles. The van der Waals surface area contributed by atoms with Gasteiger partial charge in [-0.2, -0.15) is 4.31 Å². The zero-order valence-corrected chi connectivity index (χ0v) is 24.4. The Morgan fingerprint density at radius 3 is 2.55 bits per heavy atom. The summed E-state index contributed by atoms with van der Waals surface area (Å²) < 4.78 is 34.4. The van der Waals surface area contributed by atoms with Crippen molar-refractivity contribution in [3.05, 3.63) is 76.0 Å². The molecular weight excluding hydrogens is 558 g/mol. The summed E-state index contributed by atoms with van der Waals surface area (Å²) >= 11 is 0. The number of likely N-dealkylation sites (N-methyl/N-ethyl adjacent to an activating group) is 1. The molecule has 1 saturated heterocycles. The molecule has 1 saturated carbocycles. The minimum atomic E-state index is -3.89. The van der Waals surface area contributed by atoms with Crippen molar-refractivity contribution >= 4 is 27.4 Å². The number of sulfonamides is 1. The topological polar surface area (TPSA) is 158 Å². The molecule has 5 N–H and O–H groups in total. The number of amides is 1. The summed E-state index contributed by atoms with van der Waals surface area (Å²) in [4.78, 5) is 33.1. The number of benzene rings is 2. The van der Waals surface area contributed by atoms with Crippen LogP contribution >= 0.6 is 0 Å². The van der Waals surface area contributed by atoms with E-state index in [0.29, 0.717) is 54.9 Å². The zero-order valence-electron chi connectivity index (χ0n) is 23.6. The van der Waals surface area contributed by atoms with Gasteiger partial charge in [-0.25, -0.2) is 8.42 Å². The molecular formula is C30H33N5O6S. The van der Waals surface area contributed by atoms with Gasteiger partial charge in [0.05, 0.1) is 5.56 Å². The molecule has 0 spiro atoms. The predicted molar refractivity (Wildman–Crippen MR) is 154 cm³/mol. The second-order valence-corrected chi connectivity index (χ2v) is 13.9. The molecule has 3 heterocycles. The number of ketones is 1. The molecule has 4 unspecified atom stereocenters. The summed E-state index contributed by atoms with van der Waals surface area (Å²) in [6.45, 7) is 5.63. The highest BCUT2D eigenvalue weighted by atomic mass is 32.2. The summed E-state index contributed by atoms with van der Waals surface area (Å²) in [5.41, 5.74) is 6.24. The molecule has 4 aliphatic rings. The van der Waals surface area contributed by atoms with E-state index in [-0.39, 0.29) is 27.5 Å². The first-order chi connectivity index (χ1) is 19.9. The molecule has 12 heteroatoms. The number of nitrogens with zero attached hydrogens (tertiary/aromatic N) is 2. The van der Waals surface area contributed by atoms with E-state index in [1.807, 2.05) is 24.1 Å². The van der Waals surface area contributed by atoms with Crippen LogP contribution in [0.25, 0.3) is 0 Å². The number of rotatable bonds is 5. The summed E-state index contributed by atoms with van der Waals surface area (Å²) in [5.74, 6) is -2.45. The van der Waals surface area contributed by atoms with Crippen molar-refractivity contribution in [1.82, 2.24) is 19.5 Å². The number of nitrogens with two attached hydrogens (primary N) is 1. The van der Waals surface area contributed by atoms with Crippen LogP contribution in [0.5, 0.6) is 5.75 Å². The van der Waals surface area contributed by atoms with E-state index < -0.39 is 33.0 Å². The Labute approximate surface area is 243 Å². The van der Waals surface area contributed by atoms with Gasteiger partial charge >= 0.3 is 0 Å². The third-order valence-corrected chi connectivity index (χ3v) is 11.2. The van der Waals surface area contributed by atoms with Crippen molar-refractivity contribution in [3.8, 4) is 5.75 Å². The number of ether oxygens (including phenoxy) is 1. The van der Waals surface area contributed by atoms with Crippen molar-refractivity contribution < 1.29 is 27.9 Å². The highest BCUT2D eigenvalue weighted by Gasteiger charge is 2.72. The molecule has 11 nitrogen and oxygen atoms in total. The number of Topliss-reactive ketones (excluding diaryl/α,β-unsaturated/α-hetero) is 1. The number of carbonyl (C=O) groups excluding carboxylic acids is 2. The first-order valence-electron chi connectivity index (χ1n) is 14.1. The molecule has 3 aromatic rings. The second-order valence-electron chi connectivity index (χ2n) is 12.0. The van der Waals surface area contributed by atoms with Gasteiger partial charge in [0.1, 0.15) is 16.5 Å². The summed E-state index contributed by atoms with van der Waals surface area (Å²) in [6.07, 6.45) is 1.04. The van der Waals surface area contributed by atoms with Crippen LogP contribution in [0.3, 0.4) is 0 Å². The van der Waals surface area contributed by atoms with E-state index in [1.54, 1.807) is 31.2 Å². The summed E-state index contributed by atoms with van der Waals surface area (Å²) in [7, 11) is -1.96. The van der Waals surface area contributed by atoms with Crippen LogP contribution in [0.1, 0.15) is 62.4 Å². The van der Waals surface area contributed by atoms with Gasteiger partial charge in [-0.1, -0.05) is 31.2 Å². The molecule has 4 atom stereocenters. The number of aromatic nitrogens is 1. The van der Waals surface area contributed by atoms with Crippen LogP contribution in [0.2, 0.25) is 0 Å². The highest BCUT2D eigenvalue weighted by molar-refractivity contribution is 7.89. The second kappa shape index (κ2) is 8.90. The number of anilines is 1. The van der Waals surface area contributed by atoms with Gasteiger partial charge in [-0.3, -0.25) is 9.59 Å². The molecule has 7 rings (SSSR count). The Hall–Kier alpha value is -3.71. The van der Waals surface area contributed by atoms with Crippen LogP contribution in [-0.2, 0) is 21.3 Å². The highest BCUT2D eigenvalue weighted by Crippen LogP contribution is 2.60. The quantitative estimate of drug-likeness (QED) is 0.328. The smallest absolute Gasteiger partial charge is 0.271 e. The van der Waals surface area contributed by atoms with Gasteiger partial charge in [-0.15, -0.1) is 0 Å². The Morgan fingerprint density at radius 2 is 1.86 bits per heavy atom. The maximum Gasteiger partial charge on any atom is 0.271 e. The molecule has 0 bridgehead atoms. The first-order valence-corrected chi connectivity index (χ1v) is 15.5. The zero-order chi connectivity index (χ0) is 29.8. The minimum absolute atomic E-state index is 0.0342. The standard InChI is InChI=1S/C30H33N5O6S/c1-16-13-19(16)18-7-8-20-23(15-18)41-30(38)21-5-4-6-22(31)25(21)27(36)29(20,30)33-28(37)26-17(2)14-24(32-26)42(39,40)35-11-9-34(3)10-12-35/h4-8,14-16,19,32,38H,9-13,31H2,1-3H3,(H,33,37). The molecule has 1 aromatic heterocycles. The van der Waals surface area contributed by atoms with Gasteiger partial charge in [0.2, 0.25) is 11.3 Å². The number of hydrogen-bond donors (Lipinski definition) is 4. The lowest BCUT2D eigenvalue weighted by molar-refractivity contribution is -0.169. The normalized spacial score (nSPS) is 28.6. The molecule has 220 valence electrons. The lowest BCUT2D eigenvalue weighted by Gasteiger charge is -2.34. The van der Waals surface area contributed by atoms with Crippen molar-refractivity contribution in [1.29, 1.82) is 0 Å². The molecule has 1 amide bonds. The Bertz CT molecular complexity index is 1780. The lowest BCUT2D eigenvalue weighted by Crippen LogP contribution is -2.60. The molecule has 0 radical (unpaired) electrons. The third-order valence-electron chi connectivity index (χ3n) is 9.34. The van der Waals surface area contributed by atoms with E-state index in [1.165, 1.54) is 10.4 Å². The van der Waals surface area contributed by atoms with E-state index >= 15 is 0 Å². The minimum Gasteiger partial charge on any atom is -0.454 e. The Balaban J connectivity index is 1.30. The SMILES string of the molecule is Cc1cc(S(=O)(=O)N2CCN(C)CC2)[nH]c1C(=O)NC12C(=O)c3c(N)cccc3C1(O)Oc1cc(C3CC3C)ccc12. The fraction of sp³-hybridized carbons (Fsp3) is 0.400. The number of H-pyrrole nitrogens is 1. The van der Waals surface area contributed by atoms with Crippen molar-refractivity contribution in [2.75, 3.05) is 39.0 Å². The van der Waals surface area contributed by atoms with Crippen molar-refractivity contribution in [2.45, 2.75) is 42.5 Å². The third kappa shape index (κ3) is 3.58. The maximum absolute atomic E-state index is 14.3. The molecule has 2 aliphatic heterocycles. The van der Waals surface area contributed by atoms with Crippen LogP contribution in [0, 0.1) is 12.8 Å². The summed E-state index contributed by atoms with van der Waals surface area (Å²) in [6, 6.07) is 11.6. The number of carbonyl (C=O) groups is 2. The maximum atomic E-state index is 14.3.